The molecule has 1 amide bonds. The molecule has 2 N–H and O–H groups in total. The van der Waals surface area contributed by atoms with E-state index in [-0.39, 0.29) is 11.2 Å². The minimum atomic E-state index is -0.413. The topological polar surface area (TPSA) is 80.4 Å². The number of amides is 1. The summed E-state index contributed by atoms with van der Waals surface area (Å²) >= 11 is 0. The molecule has 2 aromatic rings. The minimum absolute atomic E-state index is 0.197. The van der Waals surface area contributed by atoms with Crippen LogP contribution in [0.3, 0.4) is 0 Å². The number of hydrogen-bond acceptors (Lipinski definition) is 4. The van der Waals surface area contributed by atoms with Gasteiger partial charge < -0.3 is 19.8 Å². The molecule has 0 aliphatic carbocycles. The molecule has 6 heteroatoms. The number of aromatic amines is 1. The second-order valence-corrected chi connectivity index (χ2v) is 4.81. The fraction of sp³-hybridized carbons (Fsp3) is 0.176. The van der Waals surface area contributed by atoms with Crippen molar-refractivity contribution in [2.45, 2.75) is 6.92 Å². The molecular weight excluding hydrogens is 296 g/mol. The van der Waals surface area contributed by atoms with E-state index in [1.54, 1.807) is 57.6 Å². The molecule has 1 heterocycles. The lowest BCUT2D eigenvalue weighted by Gasteiger charge is -2.07. The van der Waals surface area contributed by atoms with E-state index in [1.807, 2.05) is 0 Å². The molecule has 120 valence electrons. The summed E-state index contributed by atoms with van der Waals surface area (Å²) in [6.45, 7) is 1.77. The van der Waals surface area contributed by atoms with Crippen molar-refractivity contribution in [1.29, 1.82) is 0 Å². The van der Waals surface area contributed by atoms with Crippen molar-refractivity contribution in [3.05, 3.63) is 58.0 Å². The standard InChI is InChI=1S/C17H18N2O4/c1-11-4-7-14(17(21)18-11)19-16(20)9-5-12-10-13(22-2)6-8-15(12)23-3/h4-10H,1-3H3,(H,18,21)(H,19,20)/b9-5+. The van der Waals surface area contributed by atoms with Gasteiger partial charge in [-0.05, 0) is 43.3 Å². The maximum absolute atomic E-state index is 12.0. The van der Waals surface area contributed by atoms with Gasteiger partial charge in [-0.25, -0.2) is 0 Å². The van der Waals surface area contributed by atoms with Gasteiger partial charge in [0, 0.05) is 17.3 Å². The van der Waals surface area contributed by atoms with Crippen LogP contribution in [0.15, 0.2) is 41.2 Å². The second kappa shape index (κ2) is 7.31. The molecule has 0 aliphatic heterocycles. The van der Waals surface area contributed by atoms with E-state index < -0.39 is 5.91 Å². The first kappa shape index (κ1) is 16.4. The Morgan fingerprint density at radius 2 is 1.96 bits per heavy atom. The minimum Gasteiger partial charge on any atom is -0.497 e. The fourth-order valence-electron chi connectivity index (χ4n) is 1.98. The zero-order valence-electron chi connectivity index (χ0n) is 13.2. The van der Waals surface area contributed by atoms with Crippen LogP contribution in [0.1, 0.15) is 11.3 Å². The highest BCUT2D eigenvalue weighted by Crippen LogP contribution is 2.25. The average Bonchev–Trinajstić information content (AvgIpc) is 2.55. The van der Waals surface area contributed by atoms with Gasteiger partial charge in [-0.1, -0.05) is 0 Å². The van der Waals surface area contributed by atoms with Crippen LogP contribution in [-0.4, -0.2) is 25.1 Å². The van der Waals surface area contributed by atoms with E-state index in [9.17, 15) is 9.59 Å². The van der Waals surface area contributed by atoms with Crippen molar-refractivity contribution in [3.8, 4) is 11.5 Å². The number of H-pyrrole nitrogens is 1. The number of nitrogens with one attached hydrogen (secondary N) is 2. The van der Waals surface area contributed by atoms with E-state index in [4.69, 9.17) is 9.47 Å². The first-order chi connectivity index (χ1) is 11.0. The molecule has 0 radical (unpaired) electrons. The first-order valence-corrected chi connectivity index (χ1v) is 6.94. The van der Waals surface area contributed by atoms with E-state index >= 15 is 0 Å². The van der Waals surface area contributed by atoms with Crippen LogP contribution < -0.4 is 20.3 Å². The maximum atomic E-state index is 12.0. The molecule has 0 saturated heterocycles. The van der Waals surface area contributed by atoms with Crippen LogP contribution in [0.2, 0.25) is 0 Å². The van der Waals surface area contributed by atoms with Crippen LogP contribution in [0.4, 0.5) is 5.69 Å². The van der Waals surface area contributed by atoms with Crippen LogP contribution >= 0.6 is 0 Å². The zero-order valence-corrected chi connectivity index (χ0v) is 13.2. The molecule has 0 unspecified atom stereocenters. The van der Waals surface area contributed by atoms with Crippen molar-refractivity contribution in [2.24, 2.45) is 0 Å². The SMILES string of the molecule is COc1ccc(OC)c(/C=C/C(=O)Nc2ccc(C)[nH]c2=O)c1. The van der Waals surface area contributed by atoms with Crippen molar-refractivity contribution < 1.29 is 14.3 Å². The zero-order chi connectivity index (χ0) is 16.8. The normalized spacial score (nSPS) is 10.6. The third-order valence-electron chi connectivity index (χ3n) is 3.16. The lowest BCUT2D eigenvalue weighted by molar-refractivity contribution is -0.111. The summed E-state index contributed by atoms with van der Waals surface area (Å²) in [6.07, 6.45) is 2.93. The Bertz CT molecular complexity index is 793. The highest BCUT2D eigenvalue weighted by molar-refractivity contribution is 6.02. The van der Waals surface area contributed by atoms with Crippen molar-refractivity contribution in [1.82, 2.24) is 4.98 Å². The van der Waals surface area contributed by atoms with Crippen LogP contribution in [0.25, 0.3) is 6.08 Å². The quantitative estimate of drug-likeness (QED) is 0.830. The number of aryl methyl sites for hydroxylation is 1. The smallest absolute Gasteiger partial charge is 0.271 e. The third kappa shape index (κ3) is 4.23. The van der Waals surface area contributed by atoms with Gasteiger partial charge in [-0.2, -0.15) is 0 Å². The Morgan fingerprint density at radius 1 is 1.17 bits per heavy atom. The van der Waals surface area contributed by atoms with Crippen molar-refractivity contribution in [3.63, 3.8) is 0 Å². The van der Waals surface area contributed by atoms with Crippen molar-refractivity contribution >= 4 is 17.7 Å². The number of aromatic nitrogens is 1. The number of carbonyl (C=O) groups is 1. The molecule has 0 atom stereocenters. The summed E-state index contributed by atoms with van der Waals surface area (Å²) in [6, 6.07) is 8.54. The molecule has 0 fully saturated rings. The van der Waals surface area contributed by atoms with Gasteiger partial charge in [0.25, 0.3) is 5.56 Å². The summed E-state index contributed by atoms with van der Waals surface area (Å²) in [7, 11) is 3.11. The highest BCUT2D eigenvalue weighted by Gasteiger charge is 2.05. The van der Waals surface area contributed by atoms with E-state index in [0.29, 0.717) is 17.1 Å². The molecule has 23 heavy (non-hydrogen) atoms. The molecule has 0 saturated carbocycles. The Morgan fingerprint density at radius 3 is 2.61 bits per heavy atom. The average molecular weight is 314 g/mol. The molecular formula is C17H18N2O4. The van der Waals surface area contributed by atoms with E-state index in [0.717, 1.165) is 5.69 Å². The molecule has 0 spiro atoms. The van der Waals surface area contributed by atoms with Crippen LogP contribution in [-0.2, 0) is 4.79 Å². The largest absolute Gasteiger partial charge is 0.497 e. The number of pyridine rings is 1. The highest BCUT2D eigenvalue weighted by atomic mass is 16.5. The van der Waals surface area contributed by atoms with Gasteiger partial charge in [0.05, 0.1) is 14.2 Å². The number of methoxy groups -OCH3 is 2. The Labute approximate surface area is 133 Å². The van der Waals surface area contributed by atoms with E-state index in [2.05, 4.69) is 10.3 Å². The van der Waals surface area contributed by atoms with E-state index in [1.165, 1.54) is 6.08 Å². The molecule has 2 rings (SSSR count). The number of carbonyl (C=O) groups excluding carboxylic acids is 1. The van der Waals surface area contributed by atoms with Crippen LogP contribution in [0.5, 0.6) is 11.5 Å². The molecule has 1 aromatic heterocycles. The van der Waals surface area contributed by atoms with Gasteiger partial charge in [-0.15, -0.1) is 0 Å². The maximum Gasteiger partial charge on any atom is 0.271 e. The molecule has 0 aliphatic rings. The molecule has 0 bridgehead atoms. The summed E-state index contributed by atoms with van der Waals surface area (Å²) < 4.78 is 10.4. The first-order valence-electron chi connectivity index (χ1n) is 6.94. The Hall–Kier alpha value is -3.02. The molecule has 6 nitrogen and oxygen atoms in total. The lowest BCUT2D eigenvalue weighted by Crippen LogP contribution is -2.18. The monoisotopic (exact) mass is 314 g/mol. The Kier molecular flexibility index (Phi) is 5.19. The summed E-state index contributed by atoms with van der Waals surface area (Å²) in [5, 5.41) is 2.53. The van der Waals surface area contributed by atoms with Crippen molar-refractivity contribution in [2.75, 3.05) is 19.5 Å². The number of ether oxygens (including phenoxy) is 2. The summed E-state index contributed by atoms with van der Waals surface area (Å²) in [4.78, 5) is 26.3. The predicted octanol–water partition coefficient (Wildman–Crippen LogP) is 2.35. The summed E-state index contributed by atoms with van der Waals surface area (Å²) in [5.74, 6) is 0.855. The van der Waals surface area contributed by atoms with Gasteiger partial charge in [0.1, 0.15) is 17.2 Å². The van der Waals surface area contributed by atoms with Gasteiger partial charge in [0.2, 0.25) is 5.91 Å². The number of anilines is 1. The van der Waals surface area contributed by atoms with Crippen LogP contribution in [0, 0.1) is 6.92 Å². The lowest BCUT2D eigenvalue weighted by atomic mass is 10.1. The predicted molar refractivity (Wildman–Crippen MR) is 89.0 cm³/mol. The third-order valence-corrected chi connectivity index (χ3v) is 3.16. The Balaban J connectivity index is 2.16. The van der Waals surface area contributed by atoms with Gasteiger partial charge >= 0.3 is 0 Å². The van der Waals surface area contributed by atoms with Gasteiger partial charge in [0.15, 0.2) is 0 Å². The number of hydrogen-bond donors (Lipinski definition) is 2. The number of rotatable bonds is 5. The number of benzene rings is 1. The second-order valence-electron chi connectivity index (χ2n) is 4.81. The fourth-order valence-corrected chi connectivity index (χ4v) is 1.98. The molecule has 1 aromatic carbocycles. The van der Waals surface area contributed by atoms with Gasteiger partial charge in [-0.3, -0.25) is 9.59 Å². The summed E-state index contributed by atoms with van der Waals surface area (Å²) in [5.41, 5.74) is 1.28.